The van der Waals surface area contributed by atoms with Crippen molar-refractivity contribution in [1.82, 2.24) is 20.0 Å². The SMILES string of the molecule is CCS(=O)(=O)c1ccc2c(c1)N(C1CCN(CCCn3nc(-c4ccc(Br)cc4)c4c3CCNC4)CC1)C(=O)CO2. The molecule has 1 N–H and O–H groups in total. The van der Waals surface area contributed by atoms with E-state index in [0.29, 0.717) is 11.4 Å². The van der Waals surface area contributed by atoms with Crippen LogP contribution < -0.4 is 15.0 Å². The Bertz CT molecular complexity index is 1530. The molecule has 2 aromatic carbocycles. The van der Waals surface area contributed by atoms with Crippen LogP contribution in [0.1, 0.15) is 37.4 Å². The number of carbonyl (C=O) groups excluding carboxylic acids is 1. The Morgan fingerprint density at radius 3 is 2.63 bits per heavy atom. The fraction of sp³-hybridized carbons (Fsp3) is 0.467. The molecule has 41 heavy (non-hydrogen) atoms. The molecule has 0 spiro atoms. The molecule has 4 heterocycles. The minimum atomic E-state index is -3.38. The van der Waals surface area contributed by atoms with Crippen molar-refractivity contribution in [3.8, 4) is 17.0 Å². The molecule has 6 rings (SSSR count). The zero-order valence-electron chi connectivity index (χ0n) is 23.3. The molecule has 1 fully saturated rings. The first-order chi connectivity index (χ1) is 19.8. The lowest BCUT2D eigenvalue weighted by Gasteiger charge is -2.40. The second-order valence-corrected chi connectivity index (χ2v) is 14.1. The first-order valence-electron chi connectivity index (χ1n) is 14.4. The number of nitrogens with one attached hydrogen (secondary N) is 1. The molecule has 3 aromatic rings. The molecule has 3 aliphatic heterocycles. The van der Waals surface area contributed by atoms with Crippen molar-refractivity contribution in [3.63, 3.8) is 0 Å². The summed E-state index contributed by atoms with van der Waals surface area (Å²) in [4.78, 5) is 17.4. The van der Waals surface area contributed by atoms with Gasteiger partial charge in [-0.15, -0.1) is 0 Å². The Kier molecular flexibility index (Phi) is 8.22. The van der Waals surface area contributed by atoms with Gasteiger partial charge in [-0.3, -0.25) is 9.48 Å². The summed E-state index contributed by atoms with van der Waals surface area (Å²) < 4.78 is 33.9. The molecule has 9 nitrogen and oxygen atoms in total. The topological polar surface area (TPSA) is 96.8 Å². The molecule has 218 valence electrons. The molecular weight excluding hydrogens is 606 g/mol. The molecule has 3 aliphatic rings. The van der Waals surface area contributed by atoms with Gasteiger partial charge in [0.05, 0.1) is 22.0 Å². The third-order valence-electron chi connectivity index (χ3n) is 8.44. The average Bonchev–Trinajstić information content (AvgIpc) is 3.36. The van der Waals surface area contributed by atoms with Gasteiger partial charge in [-0.1, -0.05) is 35.0 Å². The number of sulfone groups is 1. The zero-order chi connectivity index (χ0) is 28.6. The Morgan fingerprint density at radius 2 is 1.88 bits per heavy atom. The molecule has 0 radical (unpaired) electrons. The number of amides is 1. The summed E-state index contributed by atoms with van der Waals surface area (Å²) in [6.07, 6.45) is 3.67. The van der Waals surface area contributed by atoms with Gasteiger partial charge < -0.3 is 19.9 Å². The summed E-state index contributed by atoms with van der Waals surface area (Å²) in [5, 5.41) is 8.55. The Balaban J connectivity index is 1.09. The van der Waals surface area contributed by atoms with E-state index < -0.39 is 9.84 Å². The standard InChI is InChI=1S/C30H36BrN5O4S/c1-2-41(38,39)24-8-9-28-27(18-24)36(29(37)20-40-28)23-11-16-34(17-12-23)14-3-15-35-26-10-13-32-19-25(26)30(33-35)21-4-6-22(31)7-5-21/h4-9,18,23,32H,2-3,10-17,19-20H2,1H3. The van der Waals surface area contributed by atoms with E-state index in [4.69, 9.17) is 9.84 Å². The lowest BCUT2D eigenvalue weighted by molar-refractivity contribution is -0.122. The fourth-order valence-electron chi connectivity index (χ4n) is 6.20. The van der Waals surface area contributed by atoms with Crippen molar-refractivity contribution in [2.24, 2.45) is 0 Å². The number of hydrogen-bond acceptors (Lipinski definition) is 7. The maximum Gasteiger partial charge on any atom is 0.265 e. The second kappa shape index (κ2) is 11.9. The first-order valence-corrected chi connectivity index (χ1v) is 16.9. The second-order valence-electron chi connectivity index (χ2n) is 10.9. The van der Waals surface area contributed by atoms with Gasteiger partial charge in [0.25, 0.3) is 5.91 Å². The van der Waals surface area contributed by atoms with Crippen molar-refractivity contribution in [2.45, 2.75) is 56.6 Å². The van der Waals surface area contributed by atoms with E-state index in [2.05, 4.69) is 55.1 Å². The molecule has 1 saturated heterocycles. The van der Waals surface area contributed by atoms with E-state index in [1.807, 2.05) is 0 Å². The minimum absolute atomic E-state index is 0.0148. The van der Waals surface area contributed by atoms with E-state index in [-0.39, 0.29) is 29.2 Å². The average molecular weight is 643 g/mol. The number of rotatable bonds is 8. The number of carbonyl (C=O) groups is 1. The summed E-state index contributed by atoms with van der Waals surface area (Å²) in [6, 6.07) is 13.3. The normalized spacial score (nSPS) is 18.2. The smallest absolute Gasteiger partial charge is 0.265 e. The van der Waals surface area contributed by atoms with Crippen molar-refractivity contribution in [3.05, 3.63) is 58.2 Å². The van der Waals surface area contributed by atoms with E-state index in [1.165, 1.54) is 11.3 Å². The first kappa shape index (κ1) is 28.4. The number of aryl methyl sites for hydroxylation is 1. The number of halogens is 1. The molecule has 1 amide bonds. The van der Waals surface area contributed by atoms with Crippen LogP contribution in [0.25, 0.3) is 11.3 Å². The molecule has 1 aromatic heterocycles. The largest absolute Gasteiger partial charge is 0.482 e. The van der Waals surface area contributed by atoms with Gasteiger partial charge in [0.15, 0.2) is 16.4 Å². The van der Waals surface area contributed by atoms with Crippen LogP contribution in [0.2, 0.25) is 0 Å². The molecule has 0 saturated carbocycles. The van der Waals surface area contributed by atoms with Gasteiger partial charge in [-0.05, 0) is 56.1 Å². The highest BCUT2D eigenvalue weighted by molar-refractivity contribution is 9.10. The maximum absolute atomic E-state index is 13.0. The summed E-state index contributed by atoms with van der Waals surface area (Å²) in [5.41, 5.74) is 5.45. The molecule has 0 aliphatic carbocycles. The van der Waals surface area contributed by atoms with Gasteiger partial charge in [0.2, 0.25) is 0 Å². The fourth-order valence-corrected chi connectivity index (χ4v) is 7.37. The number of anilines is 1. The van der Waals surface area contributed by atoms with Gasteiger partial charge in [-0.2, -0.15) is 5.10 Å². The third kappa shape index (κ3) is 5.82. The monoisotopic (exact) mass is 641 g/mol. The lowest BCUT2D eigenvalue weighted by atomic mass is 10.0. The Hall–Kier alpha value is -2.73. The predicted octanol–water partition coefficient (Wildman–Crippen LogP) is 4.03. The van der Waals surface area contributed by atoms with Crippen LogP contribution in [0.4, 0.5) is 5.69 Å². The van der Waals surface area contributed by atoms with Gasteiger partial charge in [0, 0.05) is 66.5 Å². The number of ether oxygens (including phenoxy) is 1. The number of nitrogens with zero attached hydrogens (tertiary/aromatic N) is 4. The highest BCUT2D eigenvalue weighted by Gasteiger charge is 2.34. The summed E-state index contributed by atoms with van der Waals surface area (Å²) in [7, 11) is -3.38. The van der Waals surface area contributed by atoms with Crippen LogP contribution >= 0.6 is 15.9 Å². The van der Waals surface area contributed by atoms with E-state index in [0.717, 1.165) is 80.7 Å². The molecule has 0 unspecified atom stereocenters. The zero-order valence-corrected chi connectivity index (χ0v) is 25.7. The van der Waals surface area contributed by atoms with Crippen LogP contribution in [0.5, 0.6) is 5.75 Å². The van der Waals surface area contributed by atoms with Gasteiger partial charge >= 0.3 is 0 Å². The maximum atomic E-state index is 13.0. The quantitative estimate of drug-likeness (QED) is 0.397. The number of piperidine rings is 1. The Labute approximate surface area is 249 Å². The van der Waals surface area contributed by atoms with Crippen LogP contribution in [-0.4, -0.2) is 73.6 Å². The summed E-state index contributed by atoms with van der Waals surface area (Å²) in [6.45, 7) is 7.07. The van der Waals surface area contributed by atoms with Crippen LogP contribution in [0.3, 0.4) is 0 Å². The number of likely N-dealkylation sites (tertiary alicyclic amines) is 1. The van der Waals surface area contributed by atoms with Gasteiger partial charge in [0.1, 0.15) is 5.75 Å². The van der Waals surface area contributed by atoms with Crippen molar-refractivity contribution < 1.29 is 17.9 Å². The summed E-state index contributed by atoms with van der Waals surface area (Å²) in [5.74, 6) is 0.479. The van der Waals surface area contributed by atoms with Crippen molar-refractivity contribution in [2.75, 3.05) is 43.4 Å². The molecule has 11 heteroatoms. The van der Waals surface area contributed by atoms with Crippen LogP contribution in [-0.2, 0) is 34.1 Å². The van der Waals surface area contributed by atoms with E-state index in [1.54, 1.807) is 30.0 Å². The lowest BCUT2D eigenvalue weighted by Crippen LogP contribution is -2.50. The number of hydrogen-bond donors (Lipinski definition) is 1. The minimum Gasteiger partial charge on any atom is -0.482 e. The predicted molar refractivity (Wildman–Crippen MR) is 162 cm³/mol. The van der Waals surface area contributed by atoms with Crippen LogP contribution in [0, 0.1) is 0 Å². The molecule has 0 bridgehead atoms. The van der Waals surface area contributed by atoms with Gasteiger partial charge in [-0.25, -0.2) is 8.42 Å². The van der Waals surface area contributed by atoms with Crippen molar-refractivity contribution in [1.29, 1.82) is 0 Å². The molecular formula is C30H36BrN5O4S. The van der Waals surface area contributed by atoms with Crippen LogP contribution in [0.15, 0.2) is 51.8 Å². The third-order valence-corrected chi connectivity index (χ3v) is 10.7. The highest BCUT2D eigenvalue weighted by atomic mass is 79.9. The number of benzene rings is 2. The highest BCUT2D eigenvalue weighted by Crippen LogP contribution is 2.37. The van der Waals surface area contributed by atoms with E-state index >= 15 is 0 Å². The Morgan fingerprint density at radius 1 is 1.10 bits per heavy atom. The number of fused-ring (bicyclic) bond motifs is 2. The van der Waals surface area contributed by atoms with E-state index in [9.17, 15) is 13.2 Å². The number of aromatic nitrogens is 2. The summed E-state index contributed by atoms with van der Waals surface area (Å²) >= 11 is 3.53. The molecule has 0 atom stereocenters. The van der Waals surface area contributed by atoms with Crippen molar-refractivity contribution >= 4 is 37.4 Å².